The van der Waals surface area contributed by atoms with E-state index in [9.17, 15) is 9.18 Å². The molecule has 3 aromatic rings. The van der Waals surface area contributed by atoms with Gasteiger partial charge in [0.2, 0.25) is 17.6 Å². The molecule has 1 aliphatic rings. The van der Waals surface area contributed by atoms with Crippen LogP contribution in [-0.2, 0) is 17.1 Å². The Hall–Kier alpha value is -2.71. The van der Waals surface area contributed by atoms with Gasteiger partial charge in [0.1, 0.15) is 5.82 Å². The lowest BCUT2D eigenvalue weighted by atomic mass is 9.96. The molecule has 0 aliphatic carbocycles. The van der Waals surface area contributed by atoms with Crippen LogP contribution < -0.4 is 5.32 Å². The Labute approximate surface area is 197 Å². The van der Waals surface area contributed by atoms with Crippen LogP contribution in [0, 0.1) is 11.7 Å². The maximum absolute atomic E-state index is 13.1. The highest BCUT2D eigenvalue weighted by atomic mass is 32.2. The number of nitrogens with one attached hydrogen (secondary N) is 1. The Morgan fingerprint density at radius 1 is 1.12 bits per heavy atom. The molecule has 0 spiro atoms. The Balaban J connectivity index is 1.11. The van der Waals surface area contributed by atoms with Crippen LogP contribution in [0.2, 0.25) is 0 Å². The Morgan fingerprint density at radius 3 is 2.64 bits per heavy atom. The molecule has 4 rings (SSSR count). The van der Waals surface area contributed by atoms with Gasteiger partial charge in [0.15, 0.2) is 0 Å². The van der Waals surface area contributed by atoms with Crippen LogP contribution in [-0.4, -0.2) is 46.3 Å². The molecule has 174 valence electrons. The number of amides is 1. The van der Waals surface area contributed by atoms with Crippen molar-refractivity contribution in [3.8, 4) is 11.4 Å². The molecule has 33 heavy (non-hydrogen) atoms. The molecule has 6 nitrogen and oxygen atoms in total. The smallest absolute Gasteiger partial charge is 0.241 e. The predicted octanol–water partition coefficient (Wildman–Crippen LogP) is 4.53. The lowest BCUT2D eigenvalue weighted by Gasteiger charge is -2.30. The second-order valence-corrected chi connectivity index (χ2v) is 9.36. The summed E-state index contributed by atoms with van der Waals surface area (Å²) in [6.45, 7) is 2.93. The average Bonchev–Trinajstić information content (AvgIpc) is 3.31. The number of thioether (sulfide) groups is 1. The predicted molar refractivity (Wildman–Crippen MR) is 128 cm³/mol. The summed E-state index contributed by atoms with van der Waals surface area (Å²) in [6.07, 6.45) is 2.64. The quantitative estimate of drug-likeness (QED) is 0.441. The van der Waals surface area contributed by atoms with Crippen LogP contribution in [0.1, 0.15) is 30.7 Å². The number of carbonyl (C=O) groups excluding carboxylic acids is 1. The molecular weight excluding hydrogens is 439 g/mol. The van der Waals surface area contributed by atoms with E-state index in [0.29, 0.717) is 18.3 Å². The molecule has 1 saturated heterocycles. The maximum Gasteiger partial charge on any atom is 0.241 e. The van der Waals surface area contributed by atoms with E-state index in [2.05, 4.69) is 44.6 Å². The molecule has 2 aromatic carbocycles. The number of nitrogens with zero attached hydrogens (tertiary/aromatic N) is 3. The summed E-state index contributed by atoms with van der Waals surface area (Å²) in [6, 6.07) is 16.5. The van der Waals surface area contributed by atoms with E-state index in [1.807, 2.05) is 17.8 Å². The van der Waals surface area contributed by atoms with Gasteiger partial charge in [-0.1, -0.05) is 35.5 Å². The second-order valence-electron chi connectivity index (χ2n) is 8.25. The average molecular weight is 469 g/mol. The highest BCUT2D eigenvalue weighted by molar-refractivity contribution is 7.98. The summed E-state index contributed by atoms with van der Waals surface area (Å²) in [5.41, 5.74) is 2.06. The van der Waals surface area contributed by atoms with Crippen LogP contribution in [0.25, 0.3) is 11.4 Å². The number of likely N-dealkylation sites (tertiary alicyclic amines) is 1. The van der Waals surface area contributed by atoms with Crippen LogP contribution in [0.4, 0.5) is 4.39 Å². The molecule has 1 N–H and O–H groups in total. The number of carbonyl (C=O) groups is 1. The fourth-order valence-electron chi connectivity index (χ4n) is 3.87. The van der Waals surface area contributed by atoms with Crippen molar-refractivity contribution in [1.29, 1.82) is 0 Å². The van der Waals surface area contributed by atoms with Gasteiger partial charge in [-0.05, 0) is 67.9 Å². The molecule has 1 aliphatic heterocycles. The molecule has 1 amide bonds. The first-order chi connectivity index (χ1) is 16.2. The highest BCUT2D eigenvalue weighted by Gasteiger charge is 2.25. The number of aromatic nitrogens is 2. The molecule has 0 bridgehead atoms. The van der Waals surface area contributed by atoms with Gasteiger partial charge in [0, 0.05) is 23.8 Å². The van der Waals surface area contributed by atoms with Crippen molar-refractivity contribution < 1.29 is 13.7 Å². The van der Waals surface area contributed by atoms with E-state index < -0.39 is 0 Å². The van der Waals surface area contributed by atoms with Crippen LogP contribution in [0.5, 0.6) is 0 Å². The van der Waals surface area contributed by atoms with E-state index in [1.165, 1.54) is 17.7 Å². The Kier molecular flexibility index (Phi) is 8.49. The lowest BCUT2D eigenvalue weighted by Crippen LogP contribution is -2.40. The number of piperidine rings is 1. The van der Waals surface area contributed by atoms with Crippen molar-refractivity contribution in [3.63, 3.8) is 0 Å². The topological polar surface area (TPSA) is 71.3 Å². The molecule has 0 unspecified atom stereocenters. The molecule has 0 atom stereocenters. The van der Waals surface area contributed by atoms with Crippen LogP contribution >= 0.6 is 11.8 Å². The third-order valence-electron chi connectivity index (χ3n) is 5.76. The first-order valence-corrected chi connectivity index (χ1v) is 12.5. The van der Waals surface area contributed by atoms with Gasteiger partial charge in [-0.3, -0.25) is 9.69 Å². The van der Waals surface area contributed by atoms with E-state index in [4.69, 9.17) is 4.52 Å². The van der Waals surface area contributed by atoms with E-state index in [-0.39, 0.29) is 17.6 Å². The van der Waals surface area contributed by atoms with Crippen molar-refractivity contribution in [2.45, 2.75) is 31.6 Å². The highest BCUT2D eigenvalue weighted by Crippen LogP contribution is 2.21. The second kappa shape index (κ2) is 12.0. The van der Waals surface area contributed by atoms with Crippen molar-refractivity contribution in [1.82, 2.24) is 20.4 Å². The van der Waals surface area contributed by atoms with E-state index in [1.54, 1.807) is 12.1 Å². The van der Waals surface area contributed by atoms with Gasteiger partial charge in [-0.15, -0.1) is 0 Å². The minimum atomic E-state index is -0.295. The minimum Gasteiger partial charge on any atom is -0.356 e. The monoisotopic (exact) mass is 468 g/mol. The maximum atomic E-state index is 13.1. The number of hydrogen-bond donors (Lipinski definition) is 1. The van der Waals surface area contributed by atoms with Gasteiger partial charge < -0.3 is 9.84 Å². The van der Waals surface area contributed by atoms with Crippen molar-refractivity contribution in [2.24, 2.45) is 5.92 Å². The van der Waals surface area contributed by atoms with Crippen molar-refractivity contribution in [3.05, 3.63) is 71.9 Å². The van der Waals surface area contributed by atoms with Gasteiger partial charge in [-0.2, -0.15) is 16.7 Å². The summed E-state index contributed by atoms with van der Waals surface area (Å²) >= 11 is 1.90. The zero-order valence-electron chi connectivity index (χ0n) is 18.6. The number of benzene rings is 2. The van der Waals surface area contributed by atoms with Crippen LogP contribution in [0.15, 0.2) is 59.1 Å². The summed E-state index contributed by atoms with van der Waals surface area (Å²) in [5, 5.41) is 7.10. The minimum absolute atomic E-state index is 0.0654. The summed E-state index contributed by atoms with van der Waals surface area (Å²) in [4.78, 5) is 19.1. The first-order valence-electron chi connectivity index (χ1n) is 11.4. The molecule has 0 radical (unpaired) electrons. The normalized spacial score (nSPS) is 14.9. The van der Waals surface area contributed by atoms with E-state index in [0.717, 1.165) is 56.0 Å². The van der Waals surface area contributed by atoms with Gasteiger partial charge in [-0.25, -0.2) is 4.39 Å². The van der Waals surface area contributed by atoms with Gasteiger partial charge in [0.25, 0.3) is 0 Å². The van der Waals surface area contributed by atoms with Crippen molar-refractivity contribution >= 4 is 17.7 Å². The zero-order chi connectivity index (χ0) is 22.9. The lowest BCUT2D eigenvalue weighted by molar-refractivity contribution is -0.126. The first kappa shape index (κ1) is 23.4. The number of hydrogen-bond acceptors (Lipinski definition) is 6. The third kappa shape index (κ3) is 7.14. The third-order valence-corrected chi connectivity index (χ3v) is 6.88. The SMILES string of the molecule is O=C(NCCCSCc1ccccc1)C1CCN(Cc2nc(-c3ccc(F)cc3)no2)CC1. The standard InChI is InChI=1S/C25H29FN4O2S/c26-22-9-7-20(8-10-22)24-28-23(32-29-24)17-30-14-11-21(12-15-30)25(31)27-13-4-16-33-18-19-5-2-1-3-6-19/h1-3,5-10,21H,4,11-18H2,(H,27,31). The zero-order valence-corrected chi connectivity index (χ0v) is 19.4. The molecule has 8 heteroatoms. The fourth-order valence-corrected chi connectivity index (χ4v) is 4.80. The summed E-state index contributed by atoms with van der Waals surface area (Å²) in [5.74, 6) is 2.98. The molecular formula is C25H29FN4O2S. The number of halogens is 1. The fraction of sp³-hybridized carbons (Fsp3) is 0.400. The molecule has 0 saturated carbocycles. The van der Waals surface area contributed by atoms with Crippen LogP contribution in [0.3, 0.4) is 0 Å². The molecule has 1 aromatic heterocycles. The van der Waals surface area contributed by atoms with Gasteiger partial charge >= 0.3 is 0 Å². The Bertz CT molecular complexity index is 1000. The molecule has 1 fully saturated rings. The number of rotatable bonds is 10. The molecule has 2 heterocycles. The van der Waals surface area contributed by atoms with Crippen molar-refractivity contribution in [2.75, 3.05) is 25.4 Å². The Morgan fingerprint density at radius 2 is 1.88 bits per heavy atom. The van der Waals surface area contributed by atoms with E-state index >= 15 is 0 Å². The summed E-state index contributed by atoms with van der Waals surface area (Å²) < 4.78 is 18.4. The van der Waals surface area contributed by atoms with Gasteiger partial charge in [0.05, 0.1) is 6.54 Å². The largest absolute Gasteiger partial charge is 0.356 e. The summed E-state index contributed by atoms with van der Waals surface area (Å²) in [7, 11) is 0.